The van der Waals surface area contributed by atoms with Crippen LogP contribution in [0.5, 0.6) is 0 Å². The molecule has 2 heterocycles. The standard InChI is InChI=1S/C16H18F2N2O4S/c1-19(12-4-5-25(23,24)9-12)16(22)10-6-15(21)20(8-10)14-3-2-11(17)7-13(14)18/h2-3,7,10,12H,4-6,8-9H2,1H3. The molecule has 0 spiro atoms. The maximum atomic E-state index is 13.9. The lowest BCUT2D eigenvalue weighted by Crippen LogP contribution is -2.42. The van der Waals surface area contributed by atoms with E-state index in [0.29, 0.717) is 12.5 Å². The molecule has 2 amide bonds. The molecule has 0 aromatic heterocycles. The molecule has 0 bridgehead atoms. The quantitative estimate of drug-likeness (QED) is 0.792. The first kappa shape index (κ1) is 17.8. The normalized spacial score (nSPS) is 25.4. The molecule has 2 saturated heterocycles. The van der Waals surface area contributed by atoms with Crippen molar-refractivity contribution in [2.24, 2.45) is 5.92 Å². The van der Waals surface area contributed by atoms with Crippen molar-refractivity contribution in [1.29, 1.82) is 0 Å². The van der Waals surface area contributed by atoms with Gasteiger partial charge in [0.1, 0.15) is 11.6 Å². The molecular weight excluding hydrogens is 354 g/mol. The van der Waals surface area contributed by atoms with E-state index in [0.717, 1.165) is 11.0 Å². The third-order valence-electron chi connectivity index (χ3n) is 4.78. The van der Waals surface area contributed by atoms with Gasteiger partial charge in [0, 0.05) is 32.1 Å². The van der Waals surface area contributed by atoms with Crippen LogP contribution < -0.4 is 4.90 Å². The number of amides is 2. The number of sulfone groups is 1. The molecule has 2 atom stereocenters. The van der Waals surface area contributed by atoms with E-state index in [-0.39, 0.29) is 36.1 Å². The predicted molar refractivity (Wildman–Crippen MR) is 86.6 cm³/mol. The van der Waals surface area contributed by atoms with Gasteiger partial charge in [-0.2, -0.15) is 0 Å². The molecule has 1 aromatic rings. The van der Waals surface area contributed by atoms with Gasteiger partial charge in [-0.15, -0.1) is 0 Å². The van der Waals surface area contributed by atoms with Crippen molar-refractivity contribution in [2.45, 2.75) is 18.9 Å². The largest absolute Gasteiger partial charge is 0.341 e. The first-order valence-electron chi connectivity index (χ1n) is 7.90. The average Bonchev–Trinajstić information content (AvgIpc) is 3.09. The maximum Gasteiger partial charge on any atom is 0.228 e. The highest BCUT2D eigenvalue weighted by Crippen LogP contribution is 2.29. The van der Waals surface area contributed by atoms with E-state index < -0.39 is 39.3 Å². The molecule has 3 rings (SSSR count). The Labute approximate surface area is 144 Å². The summed E-state index contributed by atoms with van der Waals surface area (Å²) in [5.74, 6) is -3.07. The van der Waals surface area contributed by atoms with Gasteiger partial charge >= 0.3 is 0 Å². The molecular formula is C16H18F2N2O4S. The monoisotopic (exact) mass is 372 g/mol. The topological polar surface area (TPSA) is 74.8 Å². The maximum absolute atomic E-state index is 13.9. The Kier molecular flexibility index (Phi) is 4.52. The summed E-state index contributed by atoms with van der Waals surface area (Å²) in [6, 6.07) is 2.51. The molecule has 25 heavy (non-hydrogen) atoms. The van der Waals surface area contributed by atoms with Crippen LogP contribution in [-0.4, -0.2) is 56.3 Å². The van der Waals surface area contributed by atoms with Crippen LogP contribution >= 0.6 is 0 Å². The van der Waals surface area contributed by atoms with Crippen LogP contribution in [0, 0.1) is 17.6 Å². The molecule has 2 aliphatic rings. The van der Waals surface area contributed by atoms with Gasteiger partial charge in [0.05, 0.1) is 23.1 Å². The second-order valence-electron chi connectivity index (χ2n) is 6.51. The van der Waals surface area contributed by atoms with Crippen molar-refractivity contribution < 1.29 is 26.8 Å². The van der Waals surface area contributed by atoms with Crippen molar-refractivity contribution in [2.75, 3.05) is 30.0 Å². The van der Waals surface area contributed by atoms with Gasteiger partial charge in [-0.05, 0) is 18.6 Å². The van der Waals surface area contributed by atoms with E-state index in [1.54, 1.807) is 0 Å². The Morgan fingerprint density at radius 3 is 2.64 bits per heavy atom. The number of halogens is 2. The molecule has 0 radical (unpaired) electrons. The van der Waals surface area contributed by atoms with E-state index in [1.807, 2.05) is 0 Å². The van der Waals surface area contributed by atoms with E-state index >= 15 is 0 Å². The van der Waals surface area contributed by atoms with Crippen molar-refractivity contribution >= 4 is 27.3 Å². The first-order valence-corrected chi connectivity index (χ1v) is 9.72. The zero-order chi connectivity index (χ0) is 18.4. The molecule has 2 fully saturated rings. The summed E-state index contributed by atoms with van der Waals surface area (Å²) >= 11 is 0. The fourth-order valence-electron chi connectivity index (χ4n) is 3.35. The fraction of sp³-hybridized carbons (Fsp3) is 0.500. The molecule has 136 valence electrons. The number of benzene rings is 1. The summed E-state index contributed by atoms with van der Waals surface area (Å²) in [4.78, 5) is 27.3. The Morgan fingerprint density at radius 1 is 1.32 bits per heavy atom. The summed E-state index contributed by atoms with van der Waals surface area (Å²) < 4.78 is 50.1. The predicted octanol–water partition coefficient (Wildman–Crippen LogP) is 0.963. The van der Waals surface area contributed by atoms with Crippen molar-refractivity contribution in [3.8, 4) is 0 Å². The highest BCUT2D eigenvalue weighted by atomic mass is 32.2. The van der Waals surface area contributed by atoms with Crippen LogP contribution in [0.25, 0.3) is 0 Å². The van der Waals surface area contributed by atoms with Crippen LogP contribution in [-0.2, 0) is 19.4 Å². The molecule has 1 aromatic carbocycles. The fourth-order valence-corrected chi connectivity index (χ4v) is 5.13. The van der Waals surface area contributed by atoms with Gasteiger partial charge in [0.25, 0.3) is 0 Å². The van der Waals surface area contributed by atoms with E-state index in [4.69, 9.17) is 0 Å². The minimum absolute atomic E-state index is 0.00989. The van der Waals surface area contributed by atoms with Crippen LogP contribution in [0.15, 0.2) is 18.2 Å². The lowest BCUT2D eigenvalue weighted by molar-refractivity contribution is -0.136. The van der Waals surface area contributed by atoms with Crippen LogP contribution in [0.1, 0.15) is 12.8 Å². The summed E-state index contributed by atoms with van der Waals surface area (Å²) in [5.41, 5.74) is -0.0622. The second kappa shape index (κ2) is 6.36. The average molecular weight is 372 g/mol. The number of anilines is 1. The van der Waals surface area contributed by atoms with Crippen LogP contribution in [0.3, 0.4) is 0 Å². The Bertz CT molecular complexity index is 827. The minimum Gasteiger partial charge on any atom is -0.341 e. The van der Waals surface area contributed by atoms with Gasteiger partial charge in [-0.25, -0.2) is 17.2 Å². The second-order valence-corrected chi connectivity index (χ2v) is 8.74. The van der Waals surface area contributed by atoms with Gasteiger partial charge in [-0.3, -0.25) is 9.59 Å². The lowest BCUT2D eigenvalue weighted by atomic mass is 10.1. The Morgan fingerprint density at radius 2 is 2.04 bits per heavy atom. The third-order valence-corrected chi connectivity index (χ3v) is 6.53. The highest BCUT2D eigenvalue weighted by Gasteiger charge is 2.40. The van der Waals surface area contributed by atoms with E-state index in [2.05, 4.69) is 0 Å². The summed E-state index contributed by atoms with van der Waals surface area (Å²) in [6.45, 7) is -0.00989. The van der Waals surface area contributed by atoms with Gasteiger partial charge in [0.15, 0.2) is 9.84 Å². The minimum atomic E-state index is -3.13. The molecule has 6 nitrogen and oxygen atoms in total. The van der Waals surface area contributed by atoms with Gasteiger partial charge in [0.2, 0.25) is 11.8 Å². The number of hydrogen-bond donors (Lipinski definition) is 0. The zero-order valence-electron chi connectivity index (χ0n) is 13.6. The molecule has 0 N–H and O–H groups in total. The van der Waals surface area contributed by atoms with Crippen LogP contribution in [0.2, 0.25) is 0 Å². The molecule has 2 aliphatic heterocycles. The molecule has 0 aliphatic carbocycles. The number of nitrogens with zero attached hydrogens (tertiary/aromatic N) is 2. The van der Waals surface area contributed by atoms with Crippen molar-refractivity contribution in [3.63, 3.8) is 0 Å². The SMILES string of the molecule is CN(C(=O)C1CC(=O)N(c2ccc(F)cc2F)C1)C1CCS(=O)(=O)C1. The van der Waals surface area contributed by atoms with Crippen LogP contribution in [0.4, 0.5) is 14.5 Å². The first-order chi connectivity index (χ1) is 11.7. The smallest absolute Gasteiger partial charge is 0.228 e. The van der Waals surface area contributed by atoms with Crippen molar-refractivity contribution in [1.82, 2.24) is 4.90 Å². The summed E-state index contributed by atoms with van der Waals surface area (Å²) in [6.07, 6.45) is 0.293. The number of hydrogen-bond acceptors (Lipinski definition) is 4. The van der Waals surface area contributed by atoms with Gasteiger partial charge in [-0.1, -0.05) is 0 Å². The Balaban J connectivity index is 1.72. The van der Waals surface area contributed by atoms with E-state index in [9.17, 15) is 26.8 Å². The zero-order valence-corrected chi connectivity index (χ0v) is 14.4. The molecule has 0 saturated carbocycles. The van der Waals surface area contributed by atoms with Crippen molar-refractivity contribution in [3.05, 3.63) is 29.8 Å². The number of carbonyl (C=O) groups is 2. The molecule has 9 heteroatoms. The molecule has 2 unspecified atom stereocenters. The highest BCUT2D eigenvalue weighted by molar-refractivity contribution is 7.91. The van der Waals surface area contributed by atoms with E-state index in [1.165, 1.54) is 18.0 Å². The number of rotatable bonds is 3. The summed E-state index contributed by atoms with van der Waals surface area (Å²) in [7, 11) is -1.60. The Hall–Kier alpha value is -2.03. The van der Waals surface area contributed by atoms with Gasteiger partial charge < -0.3 is 9.80 Å². The lowest BCUT2D eigenvalue weighted by Gasteiger charge is -2.26. The summed E-state index contributed by atoms with van der Waals surface area (Å²) in [5, 5.41) is 0. The third kappa shape index (κ3) is 3.51. The number of carbonyl (C=O) groups excluding carboxylic acids is 2.